The monoisotopic (exact) mass is 340 g/mol. The molecule has 0 aliphatic carbocycles. The molecule has 3 aromatic rings. The number of rotatable bonds is 3. The van der Waals surface area contributed by atoms with Crippen LogP contribution in [0.5, 0.6) is 0 Å². The number of halogens is 2. The fraction of sp³-hybridized carbons (Fsp3) is 0.0714. The number of nitrogens with zero attached hydrogens (tertiary/aromatic N) is 1. The molecule has 0 saturated carbocycles. The van der Waals surface area contributed by atoms with Crippen LogP contribution in [0, 0.1) is 18.6 Å². The number of nitrogens with one attached hydrogen (secondary N) is 1. The molecule has 0 atom stereocenters. The first-order valence-corrected chi connectivity index (χ1v) is 8.49. The summed E-state index contributed by atoms with van der Waals surface area (Å²) in [6, 6.07) is 7.01. The molecule has 0 aliphatic heterocycles. The van der Waals surface area contributed by atoms with Crippen molar-refractivity contribution in [2.75, 3.05) is 4.72 Å². The summed E-state index contributed by atoms with van der Waals surface area (Å²) in [5, 5.41) is 0.863. The molecule has 4 nitrogen and oxygen atoms in total. The van der Waals surface area contributed by atoms with Gasteiger partial charge in [-0.2, -0.15) is 0 Å². The number of hydrogen-bond acceptors (Lipinski definition) is 4. The Hall–Kier alpha value is -2.06. The van der Waals surface area contributed by atoms with E-state index in [1.807, 2.05) is 6.92 Å². The Labute approximate surface area is 129 Å². The summed E-state index contributed by atoms with van der Waals surface area (Å²) in [4.78, 5) is 3.81. The molecular weight excluding hydrogens is 330 g/mol. The molecule has 0 fully saturated rings. The Bertz CT molecular complexity index is 948. The minimum absolute atomic E-state index is 0.306. The van der Waals surface area contributed by atoms with Gasteiger partial charge in [0.15, 0.2) is 0 Å². The van der Waals surface area contributed by atoms with E-state index in [2.05, 4.69) is 9.71 Å². The van der Waals surface area contributed by atoms with Gasteiger partial charge in [-0.25, -0.2) is 22.2 Å². The molecule has 3 rings (SSSR count). The highest BCUT2D eigenvalue weighted by Gasteiger charge is 2.17. The van der Waals surface area contributed by atoms with E-state index in [4.69, 9.17) is 0 Å². The van der Waals surface area contributed by atoms with Crippen LogP contribution in [0.3, 0.4) is 0 Å². The second-order valence-electron chi connectivity index (χ2n) is 4.63. The number of anilines is 1. The van der Waals surface area contributed by atoms with Crippen molar-refractivity contribution in [1.82, 2.24) is 4.98 Å². The molecule has 1 aromatic heterocycles. The molecule has 22 heavy (non-hydrogen) atoms. The normalized spacial score (nSPS) is 11.8. The summed E-state index contributed by atoms with van der Waals surface area (Å²) < 4.78 is 53.9. The van der Waals surface area contributed by atoms with Crippen molar-refractivity contribution in [3.63, 3.8) is 0 Å². The Morgan fingerprint density at radius 1 is 1.09 bits per heavy atom. The molecular formula is C14H10F2N2O2S2. The maximum Gasteiger partial charge on any atom is 0.262 e. The van der Waals surface area contributed by atoms with Crippen LogP contribution in [0.15, 0.2) is 41.3 Å². The van der Waals surface area contributed by atoms with Gasteiger partial charge in [0.25, 0.3) is 10.0 Å². The zero-order chi connectivity index (χ0) is 15.9. The summed E-state index contributed by atoms with van der Waals surface area (Å²) in [5.74, 6) is -1.90. The summed E-state index contributed by atoms with van der Waals surface area (Å²) in [5.41, 5.74) is 1.07. The van der Waals surface area contributed by atoms with Crippen LogP contribution in [0.2, 0.25) is 0 Å². The molecule has 1 heterocycles. The Balaban J connectivity index is 1.98. The largest absolute Gasteiger partial charge is 0.280 e. The lowest BCUT2D eigenvalue weighted by molar-refractivity contribution is 0.568. The lowest BCUT2D eigenvalue weighted by Gasteiger charge is -2.08. The maximum atomic E-state index is 13.2. The van der Waals surface area contributed by atoms with Crippen molar-refractivity contribution >= 4 is 37.3 Å². The minimum atomic E-state index is -4.07. The van der Waals surface area contributed by atoms with Crippen molar-refractivity contribution in [1.29, 1.82) is 0 Å². The second kappa shape index (κ2) is 5.29. The number of hydrogen-bond donors (Lipinski definition) is 1. The molecule has 0 aliphatic rings. The van der Waals surface area contributed by atoms with E-state index in [-0.39, 0.29) is 0 Å². The van der Waals surface area contributed by atoms with Crippen molar-refractivity contribution in [2.45, 2.75) is 11.8 Å². The quantitative estimate of drug-likeness (QED) is 0.791. The Kier molecular flexibility index (Phi) is 3.57. The van der Waals surface area contributed by atoms with Crippen molar-refractivity contribution in [3.05, 3.63) is 53.0 Å². The average Bonchev–Trinajstić information content (AvgIpc) is 2.76. The first-order chi connectivity index (χ1) is 10.3. The topological polar surface area (TPSA) is 59.1 Å². The first-order valence-electron chi connectivity index (χ1n) is 6.20. The fourth-order valence-corrected chi connectivity index (χ4v) is 3.96. The van der Waals surface area contributed by atoms with E-state index in [1.165, 1.54) is 11.3 Å². The van der Waals surface area contributed by atoms with Crippen LogP contribution in [-0.4, -0.2) is 13.4 Å². The standard InChI is InChI=1S/C14H10F2N2O2S2/c1-8-17-13-3-2-11(7-14(13)21-8)18-22(19,20)12-5-9(15)4-10(16)6-12/h2-7,18H,1H3. The smallest absolute Gasteiger partial charge is 0.262 e. The Morgan fingerprint density at radius 3 is 2.45 bits per heavy atom. The van der Waals surface area contributed by atoms with E-state index < -0.39 is 26.6 Å². The number of aromatic nitrogens is 1. The van der Waals surface area contributed by atoms with Gasteiger partial charge in [-0.3, -0.25) is 4.72 Å². The SMILES string of the molecule is Cc1nc2ccc(NS(=O)(=O)c3cc(F)cc(F)c3)cc2s1. The minimum Gasteiger partial charge on any atom is -0.280 e. The lowest BCUT2D eigenvalue weighted by Crippen LogP contribution is -2.13. The van der Waals surface area contributed by atoms with Crippen LogP contribution in [-0.2, 0) is 10.0 Å². The number of thiazole rings is 1. The van der Waals surface area contributed by atoms with E-state index in [0.717, 1.165) is 27.4 Å². The van der Waals surface area contributed by atoms with E-state index in [1.54, 1.807) is 18.2 Å². The third-order valence-corrected chi connectivity index (χ3v) is 5.19. The molecule has 0 bridgehead atoms. The van der Waals surface area contributed by atoms with Crippen molar-refractivity contribution in [2.24, 2.45) is 0 Å². The summed E-state index contributed by atoms with van der Waals surface area (Å²) in [6.07, 6.45) is 0. The number of fused-ring (bicyclic) bond motifs is 1. The van der Waals surface area contributed by atoms with Gasteiger partial charge in [-0.1, -0.05) is 0 Å². The van der Waals surface area contributed by atoms with Gasteiger partial charge >= 0.3 is 0 Å². The predicted octanol–water partition coefficient (Wildman–Crippen LogP) is 3.68. The highest BCUT2D eigenvalue weighted by Crippen LogP contribution is 2.26. The summed E-state index contributed by atoms with van der Waals surface area (Å²) in [7, 11) is -4.07. The highest BCUT2D eigenvalue weighted by molar-refractivity contribution is 7.92. The van der Waals surface area contributed by atoms with E-state index in [0.29, 0.717) is 11.8 Å². The van der Waals surface area contributed by atoms with Gasteiger partial charge < -0.3 is 0 Å². The highest BCUT2D eigenvalue weighted by atomic mass is 32.2. The molecule has 8 heteroatoms. The average molecular weight is 340 g/mol. The van der Waals surface area contributed by atoms with Crippen LogP contribution in [0.1, 0.15) is 5.01 Å². The van der Waals surface area contributed by atoms with Gasteiger partial charge in [0.2, 0.25) is 0 Å². The molecule has 0 radical (unpaired) electrons. The van der Waals surface area contributed by atoms with Crippen molar-refractivity contribution < 1.29 is 17.2 Å². The van der Waals surface area contributed by atoms with Crippen LogP contribution in [0.4, 0.5) is 14.5 Å². The van der Waals surface area contributed by atoms with E-state index >= 15 is 0 Å². The van der Waals surface area contributed by atoms with Gasteiger partial charge in [0.1, 0.15) is 11.6 Å². The molecule has 1 N–H and O–H groups in total. The van der Waals surface area contributed by atoms with Crippen LogP contribution >= 0.6 is 11.3 Å². The van der Waals surface area contributed by atoms with Gasteiger partial charge in [-0.15, -0.1) is 11.3 Å². The van der Waals surface area contributed by atoms with Crippen molar-refractivity contribution in [3.8, 4) is 0 Å². The van der Waals surface area contributed by atoms with Gasteiger partial charge in [0, 0.05) is 6.07 Å². The van der Waals surface area contributed by atoms with Gasteiger partial charge in [-0.05, 0) is 37.3 Å². The summed E-state index contributed by atoms with van der Waals surface area (Å²) >= 11 is 1.43. The number of aryl methyl sites for hydroxylation is 1. The zero-order valence-corrected chi connectivity index (χ0v) is 12.9. The molecule has 0 unspecified atom stereocenters. The second-order valence-corrected chi connectivity index (χ2v) is 7.54. The van der Waals surface area contributed by atoms with Crippen LogP contribution in [0.25, 0.3) is 10.2 Å². The molecule has 114 valence electrons. The number of sulfonamides is 1. The van der Waals surface area contributed by atoms with E-state index in [9.17, 15) is 17.2 Å². The fourth-order valence-electron chi connectivity index (χ4n) is 2.00. The molecule has 0 saturated heterocycles. The summed E-state index contributed by atoms with van der Waals surface area (Å²) in [6.45, 7) is 1.85. The third-order valence-electron chi connectivity index (χ3n) is 2.89. The predicted molar refractivity (Wildman–Crippen MR) is 81.5 cm³/mol. The molecule has 0 spiro atoms. The number of benzene rings is 2. The molecule has 0 amide bonds. The third kappa shape index (κ3) is 2.93. The van der Waals surface area contributed by atoms with Gasteiger partial charge in [0.05, 0.1) is 25.8 Å². The lowest BCUT2D eigenvalue weighted by atomic mass is 10.3. The first kappa shape index (κ1) is 14.9. The Morgan fingerprint density at radius 2 is 1.77 bits per heavy atom. The maximum absolute atomic E-state index is 13.2. The van der Waals surface area contributed by atoms with Crippen LogP contribution < -0.4 is 4.72 Å². The molecule has 2 aromatic carbocycles. The zero-order valence-electron chi connectivity index (χ0n) is 11.3.